The Hall–Kier alpha value is -1.81. The van der Waals surface area contributed by atoms with Gasteiger partial charge in [-0.3, -0.25) is 4.98 Å². The van der Waals surface area contributed by atoms with Gasteiger partial charge in [0.1, 0.15) is 0 Å². The summed E-state index contributed by atoms with van der Waals surface area (Å²) in [5.74, 6) is -1.78. The molecular weight excluding hydrogens is 236 g/mol. The van der Waals surface area contributed by atoms with Crippen LogP contribution in [0.3, 0.4) is 0 Å². The fourth-order valence-corrected chi connectivity index (χ4v) is 1.79. The number of benzene rings is 1. The van der Waals surface area contributed by atoms with Crippen LogP contribution >= 0.6 is 0 Å². The molecule has 1 aromatic heterocycles. The highest BCUT2D eigenvalue weighted by molar-refractivity contribution is 5.20. The molecule has 18 heavy (non-hydrogen) atoms. The Balaban J connectivity index is 2.03. The lowest BCUT2D eigenvalue weighted by Crippen LogP contribution is -2.15. The van der Waals surface area contributed by atoms with Crippen molar-refractivity contribution in [1.82, 2.24) is 4.98 Å². The van der Waals surface area contributed by atoms with Crippen molar-refractivity contribution in [3.8, 4) is 0 Å². The molecule has 94 valence electrons. The maximum Gasteiger partial charge on any atom is 0.162 e. The first-order chi connectivity index (χ1) is 8.66. The first kappa shape index (κ1) is 12.6. The van der Waals surface area contributed by atoms with Crippen molar-refractivity contribution in [2.75, 3.05) is 0 Å². The standard InChI is InChI=1S/C14H13F2NO/c15-13-6-3-4-10(14(13)16)8-12(18)9-11-5-1-2-7-17-11/h1-7,12,18H,8-9H2. The molecule has 0 saturated heterocycles. The maximum absolute atomic E-state index is 13.4. The summed E-state index contributed by atoms with van der Waals surface area (Å²) in [5, 5.41) is 9.84. The van der Waals surface area contributed by atoms with E-state index < -0.39 is 17.7 Å². The largest absolute Gasteiger partial charge is 0.392 e. The summed E-state index contributed by atoms with van der Waals surface area (Å²) in [7, 11) is 0. The monoisotopic (exact) mass is 249 g/mol. The molecule has 2 rings (SSSR count). The first-order valence-electron chi connectivity index (χ1n) is 5.67. The zero-order valence-corrected chi connectivity index (χ0v) is 9.68. The number of hydrogen-bond donors (Lipinski definition) is 1. The molecule has 1 N–H and O–H groups in total. The van der Waals surface area contributed by atoms with Crippen molar-refractivity contribution in [2.24, 2.45) is 0 Å². The highest BCUT2D eigenvalue weighted by atomic mass is 19.2. The van der Waals surface area contributed by atoms with Crippen molar-refractivity contribution in [2.45, 2.75) is 18.9 Å². The lowest BCUT2D eigenvalue weighted by Gasteiger charge is -2.11. The average molecular weight is 249 g/mol. The number of hydrogen-bond acceptors (Lipinski definition) is 2. The summed E-state index contributed by atoms with van der Waals surface area (Å²) in [6.45, 7) is 0. The third-order valence-electron chi connectivity index (χ3n) is 2.66. The second-order valence-electron chi connectivity index (χ2n) is 4.10. The van der Waals surface area contributed by atoms with E-state index in [-0.39, 0.29) is 12.0 Å². The third kappa shape index (κ3) is 3.11. The van der Waals surface area contributed by atoms with Crippen LogP contribution < -0.4 is 0 Å². The van der Waals surface area contributed by atoms with E-state index in [2.05, 4.69) is 4.98 Å². The molecule has 0 amide bonds. The van der Waals surface area contributed by atoms with Gasteiger partial charge in [0.15, 0.2) is 11.6 Å². The second-order valence-corrected chi connectivity index (χ2v) is 4.10. The average Bonchev–Trinajstić information content (AvgIpc) is 2.36. The molecule has 0 spiro atoms. The minimum atomic E-state index is -0.891. The summed E-state index contributed by atoms with van der Waals surface area (Å²) in [6, 6.07) is 9.34. The zero-order valence-electron chi connectivity index (χ0n) is 9.68. The van der Waals surface area contributed by atoms with Crippen molar-refractivity contribution in [1.29, 1.82) is 0 Å². The van der Waals surface area contributed by atoms with E-state index in [4.69, 9.17) is 0 Å². The summed E-state index contributed by atoms with van der Waals surface area (Å²) in [5.41, 5.74) is 0.903. The van der Waals surface area contributed by atoms with Crippen LogP contribution in [0.15, 0.2) is 42.6 Å². The van der Waals surface area contributed by atoms with E-state index in [0.29, 0.717) is 6.42 Å². The van der Waals surface area contributed by atoms with Gasteiger partial charge in [-0.05, 0) is 23.8 Å². The van der Waals surface area contributed by atoms with Crippen LogP contribution in [0.2, 0.25) is 0 Å². The fourth-order valence-electron chi connectivity index (χ4n) is 1.79. The highest BCUT2D eigenvalue weighted by Gasteiger charge is 2.13. The number of nitrogens with zero attached hydrogens (tertiary/aromatic N) is 1. The highest BCUT2D eigenvalue weighted by Crippen LogP contribution is 2.14. The molecule has 0 bridgehead atoms. The van der Waals surface area contributed by atoms with Gasteiger partial charge in [-0.15, -0.1) is 0 Å². The van der Waals surface area contributed by atoms with E-state index in [1.54, 1.807) is 18.3 Å². The molecule has 0 fully saturated rings. The van der Waals surface area contributed by atoms with E-state index in [1.165, 1.54) is 12.1 Å². The van der Waals surface area contributed by atoms with Crippen LogP contribution in [0.1, 0.15) is 11.3 Å². The van der Waals surface area contributed by atoms with Crippen molar-refractivity contribution in [3.63, 3.8) is 0 Å². The van der Waals surface area contributed by atoms with Crippen LogP contribution in [-0.4, -0.2) is 16.2 Å². The molecule has 0 aliphatic rings. The lowest BCUT2D eigenvalue weighted by molar-refractivity contribution is 0.172. The molecule has 1 unspecified atom stereocenters. The first-order valence-corrected chi connectivity index (χ1v) is 5.67. The van der Waals surface area contributed by atoms with Crippen LogP contribution in [-0.2, 0) is 12.8 Å². The van der Waals surface area contributed by atoms with Gasteiger partial charge in [-0.2, -0.15) is 0 Å². The second kappa shape index (κ2) is 5.69. The van der Waals surface area contributed by atoms with Crippen molar-refractivity contribution >= 4 is 0 Å². The Labute approximate surface area is 104 Å². The number of aliphatic hydroxyl groups excluding tert-OH is 1. The van der Waals surface area contributed by atoms with Crippen molar-refractivity contribution in [3.05, 3.63) is 65.5 Å². The van der Waals surface area contributed by atoms with Gasteiger partial charge in [0.05, 0.1) is 6.10 Å². The molecular formula is C14H13F2NO. The Morgan fingerprint density at radius 1 is 1.06 bits per heavy atom. The quantitative estimate of drug-likeness (QED) is 0.903. The lowest BCUT2D eigenvalue weighted by atomic mass is 10.0. The van der Waals surface area contributed by atoms with Gasteiger partial charge >= 0.3 is 0 Å². The number of rotatable bonds is 4. The van der Waals surface area contributed by atoms with Crippen LogP contribution in [0.25, 0.3) is 0 Å². The molecule has 4 heteroatoms. The molecule has 0 aliphatic carbocycles. The number of aliphatic hydroxyl groups is 1. The molecule has 1 aromatic carbocycles. The van der Waals surface area contributed by atoms with Crippen molar-refractivity contribution < 1.29 is 13.9 Å². The number of aromatic nitrogens is 1. The van der Waals surface area contributed by atoms with Gasteiger partial charge in [0, 0.05) is 24.7 Å². The molecule has 0 radical (unpaired) electrons. The molecule has 2 nitrogen and oxygen atoms in total. The van der Waals surface area contributed by atoms with E-state index in [9.17, 15) is 13.9 Å². The molecule has 1 heterocycles. The summed E-state index contributed by atoms with van der Waals surface area (Å²) < 4.78 is 26.4. The normalized spacial score (nSPS) is 12.4. The Morgan fingerprint density at radius 3 is 2.61 bits per heavy atom. The fraction of sp³-hybridized carbons (Fsp3) is 0.214. The Morgan fingerprint density at radius 2 is 1.89 bits per heavy atom. The van der Waals surface area contributed by atoms with E-state index in [1.807, 2.05) is 6.07 Å². The predicted octanol–water partition coefficient (Wildman–Crippen LogP) is 2.51. The van der Waals surface area contributed by atoms with Gasteiger partial charge < -0.3 is 5.11 Å². The zero-order chi connectivity index (χ0) is 13.0. The molecule has 2 aromatic rings. The summed E-state index contributed by atoms with van der Waals surface area (Å²) in [4.78, 5) is 4.07. The topological polar surface area (TPSA) is 33.1 Å². The van der Waals surface area contributed by atoms with Gasteiger partial charge in [0.2, 0.25) is 0 Å². The number of pyridine rings is 1. The Kier molecular flexibility index (Phi) is 3.99. The minimum absolute atomic E-state index is 0.0696. The minimum Gasteiger partial charge on any atom is -0.392 e. The van der Waals surface area contributed by atoms with E-state index in [0.717, 1.165) is 11.8 Å². The van der Waals surface area contributed by atoms with Gasteiger partial charge in [0.25, 0.3) is 0 Å². The van der Waals surface area contributed by atoms with Gasteiger partial charge in [-0.25, -0.2) is 8.78 Å². The van der Waals surface area contributed by atoms with E-state index >= 15 is 0 Å². The summed E-state index contributed by atoms with van der Waals surface area (Å²) in [6.07, 6.45) is 1.23. The molecule has 1 atom stereocenters. The smallest absolute Gasteiger partial charge is 0.162 e. The van der Waals surface area contributed by atoms with Crippen LogP contribution in [0, 0.1) is 11.6 Å². The SMILES string of the molecule is OC(Cc1ccccn1)Cc1cccc(F)c1F. The van der Waals surface area contributed by atoms with Gasteiger partial charge in [-0.1, -0.05) is 18.2 Å². The maximum atomic E-state index is 13.4. The van der Waals surface area contributed by atoms with Crippen LogP contribution in [0.5, 0.6) is 0 Å². The molecule has 0 aliphatic heterocycles. The predicted molar refractivity (Wildman–Crippen MR) is 64.0 cm³/mol. The van der Waals surface area contributed by atoms with Crippen LogP contribution in [0.4, 0.5) is 8.78 Å². The summed E-state index contributed by atoms with van der Waals surface area (Å²) >= 11 is 0. The molecule has 0 saturated carbocycles. The Bertz CT molecular complexity index is 516. The third-order valence-corrected chi connectivity index (χ3v) is 2.66. The number of halogens is 2.